The van der Waals surface area contributed by atoms with E-state index in [-0.39, 0.29) is 11.9 Å². The van der Waals surface area contributed by atoms with E-state index in [0.29, 0.717) is 28.9 Å². The van der Waals surface area contributed by atoms with Crippen LogP contribution in [-0.4, -0.2) is 30.5 Å². The summed E-state index contributed by atoms with van der Waals surface area (Å²) in [5.41, 5.74) is 3.36. The van der Waals surface area contributed by atoms with Gasteiger partial charge in [-0.25, -0.2) is 9.67 Å². The van der Waals surface area contributed by atoms with Crippen LogP contribution in [0, 0.1) is 13.8 Å². The second-order valence-electron chi connectivity index (χ2n) is 6.58. The molecule has 28 heavy (non-hydrogen) atoms. The highest BCUT2D eigenvalue weighted by Gasteiger charge is 2.18. The van der Waals surface area contributed by atoms with E-state index in [9.17, 15) is 4.79 Å². The Balaban J connectivity index is 1.45. The summed E-state index contributed by atoms with van der Waals surface area (Å²) in [5, 5.41) is 12.2. The van der Waals surface area contributed by atoms with Crippen LogP contribution in [0.1, 0.15) is 40.7 Å². The van der Waals surface area contributed by atoms with E-state index >= 15 is 0 Å². The van der Waals surface area contributed by atoms with Gasteiger partial charge in [-0.05, 0) is 39.0 Å². The molecule has 3 aromatic heterocycles. The molecular weight excluding hydrogens is 380 g/mol. The quantitative estimate of drug-likeness (QED) is 0.555. The van der Waals surface area contributed by atoms with E-state index in [1.807, 2.05) is 45.0 Å². The zero-order chi connectivity index (χ0) is 19.8. The summed E-state index contributed by atoms with van der Waals surface area (Å²) in [5.74, 6) is 0.145. The van der Waals surface area contributed by atoms with Crippen LogP contribution in [0.4, 0.5) is 0 Å². The number of amides is 1. The number of fused-ring (bicyclic) bond motifs is 1. The lowest BCUT2D eigenvalue weighted by Gasteiger charge is -2.09. The average molecular weight is 399 g/mol. The van der Waals surface area contributed by atoms with E-state index in [4.69, 9.17) is 16.0 Å². The van der Waals surface area contributed by atoms with Crippen LogP contribution in [0.25, 0.3) is 11.1 Å². The number of halogens is 1. The van der Waals surface area contributed by atoms with Crippen LogP contribution >= 0.6 is 11.6 Å². The second-order valence-corrected chi connectivity index (χ2v) is 6.96. The number of nitrogens with zero attached hydrogens (tertiary/aromatic N) is 5. The SMILES string of the molecule is Cc1nn(Cn2ccc(C(=O)NC(C)c3nc4ccccc4o3)n2)c(C)c1Cl. The minimum absolute atomic E-state index is 0.301. The third-order valence-electron chi connectivity index (χ3n) is 4.47. The van der Waals surface area contributed by atoms with Gasteiger partial charge < -0.3 is 9.73 Å². The lowest BCUT2D eigenvalue weighted by Crippen LogP contribution is -2.27. The average Bonchev–Trinajstić information content (AvgIpc) is 3.37. The standard InChI is InChI=1S/C19H19ClN6O2/c1-11-17(20)13(3)26(23-11)10-25-9-8-15(24-25)18(27)21-12(2)19-22-14-6-4-5-7-16(14)28-19/h4-9,12H,10H2,1-3H3,(H,21,27). The van der Waals surface area contributed by atoms with Crippen molar-refractivity contribution in [3.8, 4) is 0 Å². The van der Waals surface area contributed by atoms with Crippen LogP contribution in [0.5, 0.6) is 0 Å². The summed E-state index contributed by atoms with van der Waals surface area (Å²) < 4.78 is 9.08. The zero-order valence-corrected chi connectivity index (χ0v) is 16.4. The van der Waals surface area contributed by atoms with Gasteiger partial charge in [0.2, 0.25) is 5.89 Å². The highest BCUT2D eigenvalue weighted by atomic mass is 35.5. The van der Waals surface area contributed by atoms with Gasteiger partial charge in [0.05, 0.1) is 16.4 Å². The molecule has 1 unspecified atom stereocenters. The molecule has 3 heterocycles. The lowest BCUT2D eigenvalue weighted by atomic mass is 10.3. The number of nitrogens with one attached hydrogen (secondary N) is 1. The smallest absolute Gasteiger partial charge is 0.272 e. The van der Waals surface area contributed by atoms with Crippen molar-refractivity contribution in [3.63, 3.8) is 0 Å². The summed E-state index contributed by atoms with van der Waals surface area (Å²) >= 11 is 6.17. The topological polar surface area (TPSA) is 90.8 Å². The Bertz CT molecular complexity index is 1130. The molecule has 4 aromatic rings. The first kappa shape index (κ1) is 18.2. The van der Waals surface area contributed by atoms with Gasteiger partial charge in [-0.2, -0.15) is 10.2 Å². The molecule has 9 heteroatoms. The molecule has 0 saturated carbocycles. The fourth-order valence-corrected chi connectivity index (χ4v) is 3.05. The Kier molecular flexibility index (Phi) is 4.64. The largest absolute Gasteiger partial charge is 0.438 e. The molecule has 1 atom stereocenters. The van der Waals surface area contributed by atoms with Crippen LogP contribution in [0.3, 0.4) is 0 Å². The molecule has 0 radical (unpaired) electrons. The Morgan fingerprint density at radius 2 is 2.04 bits per heavy atom. The van der Waals surface area contributed by atoms with Crippen molar-refractivity contribution < 1.29 is 9.21 Å². The van der Waals surface area contributed by atoms with E-state index < -0.39 is 0 Å². The Hall–Kier alpha value is -3.13. The predicted molar refractivity (Wildman–Crippen MR) is 104 cm³/mol. The molecule has 0 saturated heterocycles. The predicted octanol–water partition coefficient (Wildman–Crippen LogP) is 3.49. The van der Waals surface area contributed by atoms with Crippen molar-refractivity contribution in [3.05, 3.63) is 64.5 Å². The first-order valence-corrected chi connectivity index (χ1v) is 9.19. The number of aryl methyl sites for hydroxylation is 1. The van der Waals surface area contributed by atoms with E-state index in [1.54, 1.807) is 21.6 Å². The third-order valence-corrected chi connectivity index (χ3v) is 5.02. The van der Waals surface area contributed by atoms with Gasteiger partial charge in [-0.3, -0.25) is 9.48 Å². The molecule has 4 rings (SSSR count). The molecule has 1 aromatic carbocycles. The summed E-state index contributed by atoms with van der Waals surface area (Å²) in [6.45, 7) is 5.92. The molecule has 144 valence electrons. The third kappa shape index (κ3) is 3.38. The van der Waals surface area contributed by atoms with E-state index in [1.165, 1.54) is 0 Å². The van der Waals surface area contributed by atoms with Gasteiger partial charge >= 0.3 is 0 Å². The first-order valence-electron chi connectivity index (χ1n) is 8.81. The van der Waals surface area contributed by atoms with E-state index in [2.05, 4.69) is 20.5 Å². The Labute approximate surface area is 166 Å². The van der Waals surface area contributed by atoms with Crippen LogP contribution in [0.2, 0.25) is 5.02 Å². The van der Waals surface area contributed by atoms with Gasteiger partial charge in [-0.1, -0.05) is 23.7 Å². The van der Waals surface area contributed by atoms with Gasteiger partial charge in [0.25, 0.3) is 5.91 Å². The molecule has 8 nitrogen and oxygen atoms in total. The van der Waals surface area contributed by atoms with Crippen LogP contribution < -0.4 is 5.32 Å². The number of hydrogen-bond acceptors (Lipinski definition) is 5. The number of aromatic nitrogens is 5. The molecule has 0 bridgehead atoms. The molecule has 1 amide bonds. The van der Waals surface area contributed by atoms with Crippen molar-refractivity contribution in [1.82, 2.24) is 29.9 Å². The first-order chi connectivity index (χ1) is 13.4. The van der Waals surface area contributed by atoms with E-state index in [0.717, 1.165) is 16.9 Å². The molecule has 0 aliphatic heterocycles. The van der Waals surface area contributed by atoms with Crippen molar-refractivity contribution >= 4 is 28.6 Å². The zero-order valence-electron chi connectivity index (χ0n) is 15.7. The monoisotopic (exact) mass is 398 g/mol. The number of carbonyl (C=O) groups is 1. The number of oxazole rings is 1. The number of carbonyl (C=O) groups excluding carboxylic acids is 1. The van der Waals surface area contributed by atoms with Crippen molar-refractivity contribution in [2.45, 2.75) is 33.5 Å². The normalized spacial score (nSPS) is 12.4. The molecule has 0 fully saturated rings. The fourth-order valence-electron chi connectivity index (χ4n) is 2.92. The second kappa shape index (κ2) is 7.12. The van der Waals surface area contributed by atoms with Crippen LogP contribution in [0.15, 0.2) is 40.9 Å². The van der Waals surface area contributed by atoms with Gasteiger partial charge in [0, 0.05) is 6.20 Å². The summed E-state index contributed by atoms with van der Waals surface area (Å²) in [6.07, 6.45) is 1.73. The molecule has 0 spiro atoms. The lowest BCUT2D eigenvalue weighted by molar-refractivity contribution is 0.0928. The summed E-state index contributed by atoms with van der Waals surface area (Å²) in [4.78, 5) is 16.9. The fraction of sp³-hybridized carbons (Fsp3) is 0.263. The minimum atomic E-state index is -0.389. The molecule has 0 aliphatic carbocycles. The number of rotatable bonds is 5. The Morgan fingerprint density at radius 1 is 1.25 bits per heavy atom. The maximum absolute atomic E-state index is 12.5. The van der Waals surface area contributed by atoms with Crippen molar-refractivity contribution in [2.24, 2.45) is 0 Å². The summed E-state index contributed by atoms with van der Waals surface area (Å²) in [6, 6.07) is 8.74. The highest BCUT2D eigenvalue weighted by molar-refractivity contribution is 6.31. The maximum Gasteiger partial charge on any atom is 0.272 e. The molecular formula is C19H19ClN6O2. The van der Waals surface area contributed by atoms with Gasteiger partial charge in [0.15, 0.2) is 5.58 Å². The van der Waals surface area contributed by atoms with Crippen molar-refractivity contribution in [2.75, 3.05) is 0 Å². The molecule has 1 N–H and O–H groups in total. The van der Waals surface area contributed by atoms with Gasteiger partial charge in [0.1, 0.15) is 23.9 Å². The van der Waals surface area contributed by atoms with Crippen molar-refractivity contribution in [1.29, 1.82) is 0 Å². The summed E-state index contributed by atoms with van der Waals surface area (Å²) in [7, 11) is 0. The highest BCUT2D eigenvalue weighted by Crippen LogP contribution is 2.20. The maximum atomic E-state index is 12.5. The van der Waals surface area contributed by atoms with Crippen LogP contribution in [-0.2, 0) is 6.67 Å². The Morgan fingerprint density at radius 3 is 2.75 bits per heavy atom. The number of para-hydroxylation sites is 2. The van der Waals surface area contributed by atoms with Gasteiger partial charge in [-0.15, -0.1) is 0 Å². The minimum Gasteiger partial charge on any atom is -0.438 e. The molecule has 0 aliphatic rings. The number of hydrogen-bond donors (Lipinski definition) is 1. The number of benzene rings is 1.